The Morgan fingerprint density at radius 1 is 1.03 bits per heavy atom. The second-order valence-corrected chi connectivity index (χ2v) is 9.02. The van der Waals surface area contributed by atoms with Crippen LogP contribution in [-0.4, -0.2) is 32.5 Å². The van der Waals surface area contributed by atoms with Gasteiger partial charge in [-0.1, -0.05) is 54.6 Å². The van der Waals surface area contributed by atoms with E-state index in [1.807, 2.05) is 61.5 Å². The molecular formula is C28H27F2N3O3. The molecule has 0 spiro atoms. The van der Waals surface area contributed by atoms with Crippen molar-refractivity contribution in [3.63, 3.8) is 0 Å². The largest absolute Gasteiger partial charge is 0.465 e. The predicted molar refractivity (Wildman–Crippen MR) is 133 cm³/mol. The van der Waals surface area contributed by atoms with E-state index in [1.54, 1.807) is 6.20 Å². The highest BCUT2D eigenvalue weighted by Gasteiger charge is 2.44. The number of carbonyl (C=O) groups is 2. The average Bonchev–Trinajstić information content (AvgIpc) is 3.26. The molecule has 3 aromatic carbocycles. The number of halogens is 2. The van der Waals surface area contributed by atoms with Crippen molar-refractivity contribution in [2.45, 2.75) is 38.4 Å². The summed E-state index contributed by atoms with van der Waals surface area (Å²) in [7, 11) is 0. The van der Waals surface area contributed by atoms with Gasteiger partial charge in [0.15, 0.2) is 0 Å². The Labute approximate surface area is 207 Å². The zero-order chi connectivity index (χ0) is 25.9. The normalized spacial score (nSPS) is 13.7. The molecule has 0 unspecified atom stereocenters. The molecule has 0 aliphatic rings. The molecule has 8 heteroatoms. The van der Waals surface area contributed by atoms with Crippen LogP contribution in [0.4, 0.5) is 13.6 Å². The standard InChI is InChI=1S/C28H27F2N3O3/c1-18(19-8-4-3-5-9-19)32-26(34)28(2,15-21-16-31-25-11-7-6-10-23(21)25)33(27(35)36)17-20-12-13-22(29)14-24(20)30/h3-14,16,18,31H,15,17H2,1-2H3,(H,32,34)(H,35,36)/t18-,28+/m1/s1. The highest BCUT2D eigenvalue weighted by atomic mass is 19.1. The molecule has 3 N–H and O–H groups in total. The first kappa shape index (κ1) is 24.9. The average molecular weight is 492 g/mol. The third kappa shape index (κ3) is 5.07. The van der Waals surface area contributed by atoms with E-state index in [0.29, 0.717) is 6.07 Å². The lowest BCUT2D eigenvalue weighted by Gasteiger charge is -2.39. The Kier molecular flexibility index (Phi) is 7.05. The van der Waals surface area contributed by atoms with Crippen LogP contribution in [0.5, 0.6) is 0 Å². The summed E-state index contributed by atoms with van der Waals surface area (Å²) in [4.78, 5) is 30.4. The SMILES string of the molecule is C[C@@H](NC(=O)[C@](C)(Cc1c[nH]c2ccccc12)N(Cc1ccc(F)cc1F)C(=O)O)c1ccccc1. The van der Waals surface area contributed by atoms with Crippen LogP contribution >= 0.6 is 0 Å². The van der Waals surface area contributed by atoms with E-state index in [1.165, 1.54) is 13.0 Å². The number of hydrogen-bond donors (Lipinski definition) is 3. The van der Waals surface area contributed by atoms with Crippen molar-refractivity contribution in [3.05, 3.63) is 107 Å². The molecule has 2 atom stereocenters. The van der Waals surface area contributed by atoms with E-state index >= 15 is 0 Å². The van der Waals surface area contributed by atoms with Crippen LogP contribution in [0.1, 0.15) is 36.6 Å². The highest BCUT2D eigenvalue weighted by molar-refractivity contribution is 5.91. The summed E-state index contributed by atoms with van der Waals surface area (Å²) in [5.74, 6) is -2.18. The number of amides is 2. The van der Waals surface area contributed by atoms with Crippen molar-refractivity contribution in [1.82, 2.24) is 15.2 Å². The lowest BCUT2D eigenvalue weighted by molar-refractivity contribution is -0.132. The van der Waals surface area contributed by atoms with Gasteiger partial charge in [-0.15, -0.1) is 0 Å². The molecule has 0 saturated carbocycles. The summed E-state index contributed by atoms with van der Waals surface area (Å²) in [6.45, 7) is 2.90. The van der Waals surface area contributed by atoms with Crippen LogP contribution in [0.3, 0.4) is 0 Å². The second kappa shape index (κ2) is 10.2. The van der Waals surface area contributed by atoms with E-state index in [9.17, 15) is 23.5 Å². The minimum absolute atomic E-state index is 0.0273. The maximum absolute atomic E-state index is 14.5. The first-order valence-electron chi connectivity index (χ1n) is 11.5. The van der Waals surface area contributed by atoms with Gasteiger partial charge in [0.25, 0.3) is 0 Å². The molecule has 186 valence electrons. The van der Waals surface area contributed by atoms with Crippen LogP contribution in [0.25, 0.3) is 10.9 Å². The number of carboxylic acid groups (broad SMARTS) is 1. The van der Waals surface area contributed by atoms with E-state index in [4.69, 9.17) is 0 Å². The monoisotopic (exact) mass is 491 g/mol. The fraction of sp³-hybridized carbons (Fsp3) is 0.214. The van der Waals surface area contributed by atoms with Crippen LogP contribution in [0.15, 0.2) is 79.0 Å². The molecule has 1 heterocycles. The van der Waals surface area contributed by atoms with E-state index in [2.05, 4.69) is 10.3 Å². The number of rotatable bonds is 8. The lowest BCUT2D eigenvalue weighted by Crippen LogP contribution is -2.60. The second-order valence-electron chi connectivity index (χ2n) is 9.02. The molecule has 4 aromatic rings. The van der Waals surface area contributed by atoms with Crippen molar-refractivity contribution < 1.29 is 23.5 Å². The van der Waals surface area contributed by atoms with Crippen molar-refractivity contribution in [1.29, 1.82) is 0 Å². The lowest BCUT2D eigenvalue weighted by atomic mass is 9.88. The predicted octanol–water partition coefficient (Wildman–Crippen LogP) is 5.80. The van der Waals surface area contributed by atoms with Gasteiger partial charge in [-0.25, -0.2) is 13.6 Å². The van der Waals surface area contributed by atoms with Gasteiger partial charge in [-0.3, -0.25) is 9.69 Å². The van der Waals surface area contributed by atoms with Gasteiger partial charge in [-0.2, -0.15) is 0 Å². The van der Waals surface area contributed by atoms with Crippen LogP contribution in [0.2, 0.25) is 0 Å². The molecule has 0 fully saturated rings. The Morgan fingerprint density at radius 3 is 2.42 bits per heavy atom. The summed E-state index contributed by atoms with van der Waals surface area (Å²) in [5.41, 5.74) is 0.779. The molecule has 1 aromatic heterocycles. The number of nitrogens with one attached hydrogen (secondary N) is 2. The number of hydrogen-bond acceptors (Lipinski definition) is 2. The Balaban J connectivity index is 1.74. The molecule has 2 amide bonds. The van der Waals surface area contributed by atoms with Gasteiger partial charge >= 0.3 is 6.09 Å². The van der Waals surface area contributed by atoms with Gasteiger partial charge < -0.3 is 15.4 Å². The number of aromatic nitrogens is 1. The van der Waals surface area contributed by atoms with Gasteiger partial charge in [0.05, 0.1) is 12.6 Å². The topological polar surface area (TPSA) is 85.4 Å². The molecular weight excluding hydrogens is 464 g/mol. The quantitative estimate of drug-likeness (QED) is 0.291. The Morgan fingerprint density at radius 2 is 1.72 bits per heavy atom. The van der Waals surface area contributed by atoms with Crippen LogP contribution in [0, 0.1) is 11.6 Å². The summed E-state index contributed by atoms with van der Waals surface area (Å²) in [5, 5.41) is 14.0. The Bertz CT molecular complexity index is 1390. The van der Waals surface area contributed by atoms with E-state index < -0.39 is 41.8 Å². The van der Waals surface area contributed by atoms with Crippen molar-refractivity contribution in [3.8, 4) is 0 Å². The number of nitrogens with zero attached hydrogens (tertiary/aromatic N) is 1. The molecule has 0 radical (unpaired) electrons. The van der Waals surface area contributed by atoms with Crippen molar-refractivity contribution in [2.75, 3.05) is 0 Å². The number of fused-ring (bicyclic) bond motifs is 1. The van der Waals surface area contributed by atoms with E-state index in [0.717, 1.165) is 33.0 Å². The number of para-hydroxylation sites is 1. The number of aromatic amines is 1. The zero-order valence-corrected chi connectivity index (χ0v) is 20.0. The van der Waals surface area contributed by atoms with Crippen molar-refractivity contribution in [2.24, 2.45) is 0 Å². The molecule has 0 bridgehead atoms. The maximum Gasteiger partial charge on any atom is 0.408 e. The molecule has 0 saturated heterocycles. The van der Waals surface area contributed by atoms with E-state index in [-0.39, 0.29) is 12.0 Å². The minimum atomic E-state index is -1.62. The van der Waals surface area contributed by atoms with Crippen molar-refractivity contribution >= 4 is 22.9 Å². The summed E-state index contributed by atoms with van der Waals surface area (Å²) < 4.78 is 28.0. The summed E-state index contributed by atoms with van der Waals surface area (Å²) >= 11 is 0. The van der Waals surface area contributed by atoms with Gasteiger partial charge in [0, 0.05) is 35.2 Å². The third-order valence-corrected chi connectivity index (χ3v) is 6.52. The van der Waals surface area contributed by atoms with Crippen LogP contribution < -0.4 is 5.32 Å². The first-order chi connectivity index (χ1) is 17.2. The van der Waals surface area contributed by atoms with Crippen LogP contribution in [-0.2, 0) is 17.8 Å². The molecule has 0 aliphatic heterocycles. The maximum atomic E-state index is 14.5. The van der Waals surface area contributed by atoms with Gasteiger partial charge in [-0.05, 0) is 37.1 Å². The van der Waals surface area contributed by atoms with Gasteiger partial charge in [0.2, 0.25) is 5.91 Å². The summed E-state index contributed by atoms with van der Waals surface area (Å²) in [6, 6.07) is 19.3. The first-order valence-corrected chi connectivity index (χ1v) is 11.5. The highest BCUT2D eigenvalue weighted by Crippen LogP contribution is 2.30. The smallest absolute Gasteiger partial charge is 0.408 e. The number of benzene rings is 3. The number of H-pyrrole nitrogens is 1. The molecule has 4 rings (SSSR count). The zero-order valence-electron chi connectivity index (χ0n) is 20.0. The Hall–Kier alpha value is -4.20. The molecule has 0 aliphatic carbocycles. The fourth-order valence-corrected chi connectivity index (χ4v) is 4.40. The minimum Gasteiger partial charge on any atom is -0.465 e. The number of carbonyl (C=O) groups excluding carboxylic acids is 1. The fourth-order valence-electron chi connectivity index (χ4n) is 4.40. The van der Waals surface area contributed by atoms with Gasteiger partial charge in [0.1, 0.15) is 17.2 Å². The molecule has 36 heavy (non-hydrogen) atoms. The summed E-state index contributed by atoms with van der Waals surface area (Å²) in [6.07, 6.45) is 0.373. The third-order valence-electron chi connectivity index (χ3n) is 6.52. The molecule has 6 nitrogen and oxygen atoms in total.